The number of aromatic nitrogens is 3. The summed E-state index contributed by atoms with van der Waals surface area (Å²) < 4.78 is 16.9. The lowest BCUT2D eigenvalue weighted by molar-refractivity contribution is 0.0485. The Balaban J connectivity index is 1.23. The van der Waals surface area contributed by atoms with E-state index in [1.165, 1.54) is 23.7 Å². The van der Waals surface area contributed by atoms with E-state index in [9.17, 15) is 9.59 Å². The Morgan fingerprint density at radius 2 is 1.88 bits per heavy atom. The minimum absolute atomic E-state index is 0.0662. The number of nitrogens with one attached hydrogen (secondary N) is 1. The topological polar surface area (TPSA) is 90.6 Å². The summed E-state index contributed by atoms with van der Waals surface area (Å²) in [5.41, 5.74) is 3.79. The van der Waals surface area contributed by atoms with Gasteiger partial charge in [-0.1, -0.05) is 15.9 Å². The van der Waals surface area contributed by atoms with Gasteiger partial charge in [0.1, 0.15) is 16.9 Å². The van der Waals surface area contributed by atoms with E-state index in [2.05, 4.69) is 54.6 Å². The first kappa shape index (κ1) is 28.3. The van der Waals surface area contributed by atoms with Crippen LogP contribution >= 0.6 is 15.9 Å². The van der Waals surface area contributed by atoms with Crippen molar-refractivity contribution >= 4 is 49.9 Å². The number of hydrogen-bond donors (Lipinski definition) is 1. The van der Waals surface area contributed by atoms with E-state index in [4.69, 9.17) is 14.5 Å². The van der Waals surface area contributed by atoms with Gasteiger partial charge < -0.3 is 28.8 Å². The first-order valence-electron chi connectivity index (χ1n) is 15.1. The lowest BCUT2D eigenvalue weighted by Gasteiger charge is -2.28. The van der Waals surface area contributed by atoms with Gasteiger partial charge in [-0.3, -0.25) is 4.79 Å². The predicted octanol–water partition coefficient (Wildman–Crippen LogP) is 6.50. The predicted molar refractivity (Wildman–Crippen MR) is 169 cm³/mol. The number of carbonyl (C=O) groups is 2. The molecule has 10 heteroatoms. The van der Waals surface area contributed by atoms with E-state index in [0.29, 0.717) is 23.8 Å². The molecule has 2 bridgehead atoms. The fourth-order valence-corrected chi connectivity index (χ4v) is 7.44. The molecule has 2 aliphatic carbocycles. The standard InChI is InChI=1S/C33H38BrN5O4/c1-33(2,3)43-32(41)36-28-19-8-10-25(28)39(17-19)31(40)21-13-23-29(27(15-21)42-5)37(4)30(35-23)26-14-20-12-22(34)9-11-24(20)38(26)16-18-6-7-18/h9,11-15,18-19,25,28H,6-8,10,16-17H2,1-5H3,(H,36,41)/t19-,25+,28?/m1/s1. The SMILES string of the molecule is COc1cc(C(=O)N2C[C@H]3CC[C@H]2C3NC(=O)OC(C)(C)C)cc2nc(-c3cc4cc(Br)ccc4n3CC3CC3)n(C)c12. The molecule has 9 nitrogen and oxygen atoms in total. The van der Waals surface area contributed by atoms with Gasteiger partial charge in [0, 0.05) is 41.1 Å². The van der Waals surface area contributed by atoms with Gasteiger partial charge in [-0.25, -0.2) is 9.78 Å². The minimum Gasteiger partial charge on any atom is -0.494 e. The van der Waals surface area contributed by atoms with Crippen LogP contribution in [0.3, 0.4) is 0 Å². The number of benzene rings is 2. The van der Waals surface area contributed by atoms with Gasteiger partial charge >= 0.3 is 6.09 Å². The number of methoxy groups -OCH3 is 1. The number of aryl methyl sites for hydroxylation is 1. The van der Waals surface area contributed by atoms with E-state index >= 15 is 0 Å². The molecule has 226 valence electrons. The van der Waals surface area contributed by atoms with Crippen LogP contribution in [0.4, 0.5) is 4.79 Å². The molecule has 1 aliphatic heterocycles. The van der Waals surface area contributed by atoms with Crippen molar-refractivity contribution in [1.82, 2.24) is 24.3 Å². The fraction of sp³-hybridized carbons (Fsp3) is 0.485. The molecule has 1 saturated heterocycles. The summed E-state index contributed by atoms with van der Waals surface area (Å²) in [7, 11) is 3.64. The van der Waals surface area contributed by atoms with Crippen molar-refractivity contribution in [3.05, 3.63) is 46.4 Å². The van der Waals surface area contributed by atoms with E-state index in [1.54, 1.807) is 7.11 Å². The monoisotopic (exact) mass is 647 g/mol. The Labute approximate surface area is 259 Å². The second-order valence-electron chi connectivity index (χ2n) is 13.4. The molecule has 1 N–H and O–H groups in total. The third-order valence-electron chi connectivity index (χ3n) is 9.16. The zero-order chi connectivity index (χ0) is 30.2. The zero-order valence-electron chi connectivity index (χ0n) is 25.3. The Kier molecular flexibility index (Phi) is 6.76. The van der Waals surface area contributed by atoms with E-state index in [-0.39, 0.29) is 23.9 Å². The molecule has 43 heavy (non-hydrogen) atoms. The fourth-order valence-electron chi connectivity index (χ4n) is 7.06. The number of rotatable bonds is 6. The summed E-state index contributed by atoms with van der Waals surface area (Å²) in [5.74, 6) is 2.29. The Morgan fingerprint density at radius 3 is 2.60 bits per heavy atom. The van der Waals surface area contributed by atoms with E-state index < -0.39 is 11.7 Å². The molecular weight excluding hydrogens is 610 g/mol. The van der Waals surface area contributed by atoms with Crippen LogP contribution in [-0.2, 0) is 18.3 Å². The van der Waals surface area contributed by atoms with Crippen molar-refractivity contribution in [3.63, 3.8) is 0 Å². The third kappa shape index (κ3) is 5.07. The number of piperidine rings is 1. The molecule has 3 atom stereocenters. The largest absolute Gasteiger partial charge is 0.494 e. The first-order valence-corrected chi connectivity index (χ1v) is 15.9. The van der Waals surface area contributed by atoms with Crippen LogP contribution in [0.15, 0.2) is 40.9 Å². The Morgan fingerprint density at radius 1 is 1.09 bits per heavy atom. The van der Waals surface area contributed by atoms with Gasteiger partial charge in [-0.2, -0.15) is 0 Å². The normalized spacial score (nSPS) is 21.6. The smallest absolute Gasteiger partial charge is 0.407 e. The maximum Gasteiger partial charge on any atom is 0.407 e. The van der Waals surface area contributed by atoms with E-state index in [1.807, 2.05) is 44.9 Å². The minimum atomic E-state index is -0.576. The number of fused-ring (bicyclic) bond motifs is 4. The van der Waals surface area contributed by atoms with Crippen molar-refractivity contribution in [2.75, 3.05) is 13.7 Å². The number of amides is 2. The number of hydrogen-bond acceptors (Lipinski definition) is 5. The van der Waals surface area contributed by atoms with Crippen LogP contribution in [0.25, 0.3) is 33.5 Å². The summed E-state index contributed by atoms with van der Waals surface area (Å²) in [4.78, 5) is 33.6. The quantitative estimate of drug-likeness (QED) is 0.258. The van der Waals surface area contributed by atoms with Gasteiger partial charge in [-0.15, -0.1) is 0 Å². The van der Waals surface area contributed by atoms with Crippen LogP contribution in [0, 0.1) is 11.8 Å². The summed E-state index contributed by atoms with van der Waals surface area (Å²) in [6.07, 6.45) is 3.91. The van der Waals surface area contributed by atoms with Gasteiger partial charge in [0.05, 0.1) is 30.4 Å². The molecule has 7 rings (SSSR count). The van der Waals surface area contributed by atoms with Crippen molar-refractivity contribution < 1.29 is 19.1 Å². The third-order valence-corrected chi connectivity index (χ3v) is 9.66. The maximum atomic E-state index is 14.0. The van der Waals surface area contributed by atoms with Crippen molar-refractivity contribution in [2.45, 2.75) is 70.7 Å². The van der Waals surface area contributed by atoms with Gasteiger partial charge in [-0.05, 0) is 94.7 Å². The summed E-state index contributed by atoms with van der Waals surface area (Å²) >= 11 is 3.63. The number of halogens is 1. The zero-order valence-corrected chi connectivity index (χ0v) is 26.9. The number of carbonyl (C=O) groups excluding carboxylic acids is 2. The highest BCUT2D eigenvalue weighted by atomic mass is 79.9. The number of alkyl carbamates (subject to hydrolysis) is 1. The van der Waals surface area contributed by atoms with Gasteiger partial charge in [0.25, 0.3) is 5.91 Å². The summed E-state index contributed by atoms with van der Waals surface area (Å²) in [5, 5.41) is 4.22. The molecule has 2 aromatic carbocycles. The van der Waals surface area contributed by atoms with Crippen LogP contribution in [0.5, 0.6) is 5.75 Å². The van der Waals surface area contributed by atoms with Gasteiger partial charge in [0.15, 0.2) is 5.82 Å². The Bertz CT molecular complexity index is 1760. The number of likely N-dealkylation sites (tertiary alicyclic amines) is 1. The average molecular weight is 649 g/mol. The average Bonchev–Trinajstić information content (AvgIpc) is 3.31. The molecule has 2 amide bonds. The molecule has 2 aromatic heterocycles. The van der Waals surface area contributed by atoms with Crippen LogP contribution < -0.4 is 10.1 Å². The molecule has 0 spiro atoms. The molecule has 3 aliphatic rings. The Hall–Kier alpha value is -3.53. The number of imidazole rings is 1. The highest BCUT2D eigenvalue weighted by Crippen LogP contribution is 2.41. The first-order chi connectivity index (χ1) is 20.5. The molecule has 3 heterocycles. The van der Waals surface area contributed by atoms with Crippen LogP contribution in [0.1, 0.15) is 56.8 Å². The van der Waals surface area contributed by atoms with Gasteiger partial charge in [0.2, 0.25) is 0 Å². The number of nitrogens with zero attached hydrogens (tertiary/aromatic N) is 4. The summed E-state index contributed by atoms with van der Waals surface area (Å²) in [6, 6.07) is 12.1. The lowest BCUT2D eigenvalue weighted by Crippen LogP contribution is -2.46. The molecule has 2 saturated carbocycles. The second-order valence-corrected chi connectivity index (χ2v) is 14.3. The molecule has 0 radical (unpaired) electrons. The summed E-state index contributed by atoms with van der Waals surface area (Å²) in [6.45, 7) is 7.12. The molecule has 4 aromatic rings. The number of ether oxygens (including phenoxy) is 2. The van der Waals surface area contributed by atoms with Crippen molar-refractivity contribution in [1.29, 1.82) is 0 Å². The molecule has 3 fully saturated rings. The highest BCUT2D eigenvalue weighted by Gasteiger charge is 2.50. The lowest BCUT2D eigenvalue weighted by atomic mass is 10.1. The molecule has 1 unspecified atom stereocenters. The van der Waals surface area contributed by atoms with Crippen molar-refractivity contribution in [3.8, 4) is 17.3 Å². The van der Waals surface area contributed by atoms with Crippen LogP contribution in [0.2, 0.25) is 0 Å². The highest BCUT2D eigenvalue weighted by molar-refractivity contribution is 9.10. The maximum absolute atomic E-state index is 14.0. The van der Waals surface area contributed by atoms with E-state index in [0.717, 1.165) is 46.4 Å². The second kappa shape index (κ2) is 10.3. The molecular formula is C33H38BrN5O4. The van der Waals surface area contributed by atoms with Crippen LogP contribution in [-0.4, -0.2) is 62.4 Å². The van der Waals surface area contributed by atoms with Crippen molar-refractivity contribution in [2.24, 2.45) is 18.9 Å².